The second-order valence-corrected chi connectivity index (χ2v) is 3.81. The maximum absolute atomic E-state index is 9.51. The van der Waals surface area contributed by atoms with Crippen molar-refractivity contribution in [3.63, 3.8) is 0 Å². The Morgan fingerprint density at radius 3 is 2.88 bits per heavy atom. The molecule has 0 aromatic carbocycles. The Morgan fingerprint density at radius 2 is 2.06 bits per heavy atom. The number of nitrogens with zero attached hydrogens (tertiary/aromatic N) is 5. The molecular formula is C10H11N5O. The topological polar surface area (TPSA) is 75.0 Å². The zero-order valence-corrected chi connectivity index (χ0v) is 8.61. The van der Waals surface area contributed by atoms with Gasteiger partial charge in [0.25, 0.3) is 0 Å². The quantitative estimate of drug-likeness (QED) is 0.724. The highest BCUT2D eigenvalue weighted by Crippen LogP contribution is 2.22. The molecule has 6 nitrogen and oxygen atoms in total. The largest absolute Gasteiger partial charge is 0.391 e. The molecule has 1 aliphatic heterocycles. The number of fused-ring (bicyclic) bond motifs is 1. The van der Waals surface area contributed by atoms with E-state index >= 15 is 0 Å². The SMILES string of the molecule is OC1CCN(c2ncnc3nccnc23)C1. The van der Waals surface area contributed by atoms with Gasteiger partial charge in [-0.05, 0) is 6.42 Å². The summed E-state index contributed by atoms with van der Waals surface area (Å²) in [7, 11) is 0. The monoisotopic (exact) mass is 217 g/mol. The minimum atomic E-state index is -0.276. The van der Waals surface area contributed by atoms with Crippen molar-refractivity contribution in [3.05, 3.63) is 18.7 Å². The lowest BCUT2D eigenvalue weighted by Crippen LogP contribution is -2.22. The third-order valence-electron chi connectivity index (χ3n) is 2.71. The maximum atomic E-state index is 9.51. The van der Waals surface area contributed by atoms with Crippen LogP contribution in [0, 0.1) is 0 Å². The zero-order valence-electron chi connectivity index (χ0n) is 8.61. The first kappa shape index (κ1) is 9.41. The second-order valence-electron chi connectivity index (χ2n) is 3.81. The van der Waals surface area contributed by atoms with E-state index in [0.717, 1.165) is 18.8 Å². The van der Waals surface area contributed by atoms with E-state index in [1.54, 1.807) is 12.4 Å². The van der Waals surface area contributed by atoms with Crippen LogP contribution in [-0.4, -0.2) is 44.2 Å². The molecule has 3 heterocycles. The number of β-amino-alcohol motifs (C(OH)–C–C–N with tert-alkyl or cyclic N) is 1. The summed E-state index contributed by atoms with van der Waals surface area (Å²) in [6, 6.07) is 0. The molecule has 3 rings (SSSR count). The number of aromatic nitrogens is 4. The van der Waals surface area contributed by atoms with Gasteiger partial charge in [-0.2, -0.15) is 0 Å². The van der Waals surface area contributed by atoms with Gasteiger partial charge in [0.15, 0.2) is 17.0 Å². The first-order chi connectivity index (χ1) is 7.84. The van der Waals surface area contributed by atoms with Gasteiger partial charge in [-0.15, -0.1) is 0 Å². The summed E-state index contributed by atoms with van der Waals surface area (Å²) < 4.78 is 0. The fraction of sp³-hybridized carbons (Fsp3) is 0.400. The van der Waals surface area contributed by atoms with E-state index in [9.17, 15) is 5.11 Å². The standard InChI is InChI=1S/C10H11N5O/c16-7-1-4-15(5-7)10-8-9(13-6-14-10)12-3-2-11-8/h2-3,6-7,16H,1,4-5H2. The van der Waals surface area contributed by atoms with Crippen molar-refractivity contribution in [2.75, 3.05) is 18.0 Å². The van der Waals surface area contributed by atoms with Crippen LogP contribution in [0.5, 0.6) is 0 Å². The molecule has 0 saturated carbocycles. The number of rotatable bonds is 1. The van der Waals surface area contributed by atoms with Crippen molar-refractivity contribution in [1.29, 1.82) is 0 Å². The van der Waals surface area contributed by atoms with Gasteiger partial charge in [0, 0.05) is 25.5 Å². The Bertz CT molecular complexity index is 512. The summed E-state index contributed by atoms with van der Waals surface area (Å²) in [5, 5.41) is 9.51. The molecule has 1 saturated heterocycles. The van der Waals surface area contributed by atoms with Crippen LogP contribution in [0.4, 0.5) is 5.82 Å². The summed E-state index contributed by atoms with van der Waals surface area (Å²) in [5.41, 5.74) is 1.29. The lowest BCUT2D eigenvalue weighted by Gasteiger charge is -2.16. The van der Waals surface area contributed by atoms with E-state index < -0.39 is 0 Å². The van der Waals surface area contributed by atoms with Gasteiger partial charge in [-0.25, -0.2) is 19.9 Å². The fourth-order valence-corrected chi connectivity index (χ4v) is 1.95. The van der Waals surface area contributed by atoms with E-state index in [-0.39, 0.29) is 6.10 Å². The van der Waals surface area contributed by atoms with Crippen LogP contribution in [0.3, 0.4) is 0 Å². The fourth-order valence-electron chi connectivity index (χ4n) is 1.95. The normalized spacial score (nSPS) is 20.6. The van der Waals surface area contributed by atoms with Crippen LogP contribution in [0.15, 0.2) is 18.7 Å². The van der Waals surface area contributed by atoms with Crippen molar-refractivity contribution in [3.8, 4) is 0 Å². The summed E-state index contributed by atoms with van der Waals surface area (Å²) in [4.78, 5) is 18.7. The molecule has 2 aromatic heterocycles. The highest BCUT2D eigenvalue weighted by Gasteiger charge is 2.23. The summed E-state index contributed by atoms with van der Waals surface area (Å²) in [6.45, 7) is 1.40. The number of anilines is 1. The average molecular weight is 217 g/mol. The summed E-state index contributed by atoms with van der Waals surface area (Å²) >= 11 is 0. The molecule has 0 bridgehead atoms. The van der Waals surface area contributed by atoms with Crippen LogP contribution in [0.25, 0.3) is 11.2 Å². The number of aliphatic hydroxyl groups is 1. The highest BCUT2D eigenvalue weighted by molar-refractivity contribution is 5.82. The predicted molar refractivity (Wildman–Crippen MR) is 58.0 cm³/mol. The zero-order chi connectivity index (χ0) is 11.0. The van der Waals surface area contributed by atoms with Gasteiger partial charge in [0.2, 0.25) is 0 Å². The predicted octanol–water partition coefficient (Wildman–Crippen LogP) is -0.00920. The van der Waals surface area contributed by atoms with Crippen molar-refractivity contribution in [1.82, 2.24) is 19.9 Å². The molecule has 1 fully saturated rings. The van der Waals surface area contributed by atoms with Crippen LogP contribution in [0.1, 0.15) is 6.42 Å². The first-order valence-corrected chi connectivity index (χ1v) is 5.19. The van der Waals surface area contributed by atoms with Crippen LogP contribution in [0.2, 0.25) is 0 Å². The Morgan fingerprint density at radius 1 is 1.19 bits per heavy atom. The van der Waals surface area contributed by atoms with Gasteiger partial charge in [-0.1, -0.05) is 0 Å². The van der Waals surface area contributed by atoms with Gasteiger partial charge >= 0.3 is 0 Å². The third-order valence-corrected chi connectivity index (χ3v) is 2.71. The molecule has 16 heavy (non-hydrogen) atoms. The summed E-state index contributed by atoms with van der Waals surface area (Å²) in [6.07, 6.45) is 5.21. The van der Waals surface area contributed by atoms with E-state index in [2.05, 4.69) is 19.9 Å². The average Bonchev–Trinajstić information content (AvgIpc) is 2.75. The minimum absolute atomic E-state index is 0.276. The van der Waals surface area contributed by atoms with Crippen LogP contribution in [-0.2, 0) is 0 Å². The molecule has 82 valence electrons. The first-order valence-electron chi connectivity index (χ1n) is 5.19. The molecule has 1 unspecified atom stereocenters. The second kappa shape index (κ2) is 3.64. The Hall–Kier alpha value is -1.82. The van der Waals surface area contributed by atoms with Gasteiger partial charge in [0.05, 0.1) is 6.10 Å². The van der Waals surface area contributed by atoms with Crippen molar-refractivity contribution in [2.45, 2.75) is 12.5 Å². The number of hydrogen-bond acceptors (Lipinski definition) is 6. The maximum Gasteiger partial charge on any atom is 0.183 e. The molecule has 1 atom stereocenters. The van der Waals surface area contributed by atoms with Gasteiger partial charge in [0.1, 0.15) is 6.33 Å². The molecule has 0 radical (unpaired) electrons. The molecule has 2 aromatic rings. The van der Waals surface area contributed by atoms with Crippen LogP contribution < -0.4 is 4.90 Å². The molecule has 1 aliphatic rings. The molecule has 0 aliphatic carbocycles. The highest BCUT2D eigenvalue weighted by atomic mass is 16.3. The van der Waals surface area contributed by atoms with Crippen molar-refractivity contribution in [2.24, 2.45) is 0 Å². The molecular weight excluding hydrogens is 206 g/mol. The summed E-state index contributed by atoms with van der Waals surface area (Å²) in [5.74, 6) is 0.759. The smallest absolute Gasteiger partial charge is 0.183 e. The van der Waals surface area contributed by atoms with Crippen molar-refractivity contribution < 1.29 is 5.11 Å². The number of hydrogen-bond donors (Lipinski definition) is 1. The van der Waals surface area contributed by atoms with Gasteiger partial charge in [-0.3, -0.25) is 0 Å². The molecule has 6 heteroatoms. The number of aliphatic hydroxyl groups excluding tert-OH is 1. The van der Waals surface area contributed by atoms with E-state index in [1.807, 2.05) is 4.90 Å². The Labute approximate surface area is 92.0 Å². The van der Waals surface area contributed by atoms with E-state index in [0.29, 0.717) is 17.7 Å². The van der Waals surface area contributed by atoms with E-state index in [1.165, 1.54) is 6.33 Å². The molecule has 0 amide bonds. The molecule has 0 spiro atoms. The lowest BCUT2D eigenvalue weighted by molar-refractivity contribution is 0.198. The van der Waals surface area contributed by atoms with E-state index in [4.69, 9.17) is 0 Å². The minimum Gasteiger partial charge on any atom is -0.391 e. The van der Waals surface area contributed by atoms with Gasteiger partial charge < -0.3 is 10.0 Å². The Kier molecular flexibility index (Phi) is 2.14. The van der Waals surface area contributed by atoms with Crippen LogP contribution >= 0.6 is 0 Å². The van der Waals surface area contributed by atoms with Crippen molar-refractivity contribution >= 4 is 17.0 Å². The lowest BCUT2D eigenvalue weighted by atomic mass is 10.3. The third kappa shape index (κ3) is 1.47. The Balaban J connectivity index is 2.09. The molecule has 1 N–H and O–H groups in total.